The lowest BCUT2D eigenvalue weighted by molar-refractivity contribution is -0.142. The predicted molar refractivity (Wildman–Crippen MR) is 439 cm³/mol. The quantitative estimate of drug-likeness (QED) is 0.0185. The molecule has 0 unspecified atom stereocenters. The number of hydrogen-bond acceptors (Lipinski definition) is 23. The molecule has 14 amide bonds. The maximum atomic E-state index is 15.7. The molecule has 1 aliphatic heterocycles. The molecule has 2 heterocycles. The number of aliphatic hydroxyl groups is 3. The molecule has 37 nitrogen and oxygen atoms in total. The van der Waals surface area contributed by atoms with Gasteiger partial charge in [0.2, 0.25) is 82.7 Å². The van der Waals surface area contributed by atoms with Crippen molar-refractivity contribution in [1.29, 1.82) is 0 Å². The minimum atomic E-state index is -1.99. The third-order valence-corrected chi connectivity index (χ3v) is 21.7. The molecule has 39 heteroatoms. The predicted octanol–water partition coefficient (Wildman–Crippen LogP) is -3.99. The number of H-pyrrole nitrogens is 1. The van der Waals surface area contributed by atoms with Crippen molar-refractivity contribution < 1.29 is 92.3 Å². The van der Waals surface area contributed by atoms with Gasteiger partial charge in [-0.15, -0.1) is 0 Å². The Morgan fingerprint density at radius 2 is 0.915 bits per heavy atom. The number of aryl methyl sites for hydroxylation is 3. The Hall–Kier alpha value is -11.1. The Kier molecular flexibility index (Phi) is 38.9. The van der Waals surface area contributed by atoms with Gasteiger partial charge in [-0.2, -0.15) is 0 Å². The Bertz CT molecular complexity index is 4290. The maximum Gasteiger partial charge on any atom is 0.327 e. The number of primary amides is 1. The van der Waals surface area contributed by atoms with Crippen molar-refractivity contribution in [2.24, 2.45) is 22.9 Å². The van der Waals surface area contributed by atoms with Gasteiger partial charge in [0.1, 0.15) is 72.5 Å². The molecular weight excluding hydrogens is 1570 g/mol. The number of nitrogens with one attached hydrogen (secondary N) is 14. The number of aromatic amines is 1. The second-order valence-corrected chi connectivity index (χ2v) is 31.5. The van der Waals surface area contributed by atoms with Gasteiger partial charge in [0, 0.05) is 54.3 Å². The average Bonchev–Trinajstić information content (AvgIpc) is 1.46. The lowest BCUT2D eigenvalue weighted by atomic mass is 9.93. The summed E-state index contributed by atoms with van der Waals surface area (Å²) in [5, 5.41) is 76.4. The Morgan fingerprint density at radius 1 is 0.500 bits per heavy atom. The van der Waals surface area contributed by atoms with E-state index < -0.39 is 210 Å². The fourth-order valence-corrected chi connectivity index (χ4v) is 15.2. The number of amides is 14. The number of carbonyl (C=O) groups excluding carboxylic acids is 14. The van der Waals surface area contributed by atoms with Gasteiger partial charge in [-0.25, -0.2) is 4.79 Å². The molecule has 0 radical (unpaired) electrons. The molecule has 0 saturated carbocycles. The van der Waals surface area contributed by atoms with Crippen LogP contribution < -0.4 is 92.1 Å². The number of unbranched alkanes of at least 4 members (excludes halogenated alkanes) is 2. The Balaban J connectivity index is 1.50. The van der Waals surface area contributed by atoms with Gasteiger partial charge in [-0.3, -0.25) is 67.1 Å². The van der Waals surface area contributed by atoms with Gasteiger partial charge in [-0.05, 0) is 133 Å². The Labute approximate surface area is 690 Å². The number of hydrogen-bond donors (Lipinski definition) is 22. The standard InChI is InChI=1S/C79H110N18O19S2/c1-41-29-42(2)51(43(3)30-41)34-58-72(108)90-57(33-49-36-84-52-24-14-13-23-50(49)52)71(107)87-54(26-16-18-28-81)69(105)96-65(45(5)99)77(113)93-56(32-48-21-11-8-12-22-48)74(110)97-66(46(6)100)78(114)94-60(38-98)75(111)95-62(79(115)116)40-118-117-39-61(86-64(102)37-85-67(103)44(4)82)76(112)88-53(25-15-17-27-80)68(104)92-59(35-63(83)101)73(109)89-55(70(106)91-58)31-47-19-9-7-10-20-47/h7-14,19-24,29-30,36,44-46,53-62,65-66,84,98-100H,15-18,25-28,31-35,37-40,80-82H2,1-6H3,(H2,83,101)(H,85,103)(H,86,102)(H,87,107)(H,88,112)(H,89,109)(H,90,108)(H,91,106)(H,92,104)(H,93,113)(H,94,114)(H,95,111)(H,96,105)(H,97,110)(H,115,116)/t44-,45+,46+,53-,54-,55-,56-,57-,58-,59-,60-,61-,62-,65-,66-/m0/s1. The number of aliphatic carboxylic acids is 1. The first kappa shape index (κ1) is 95.8. The minimum absolute atomic E-state index is 0.103. The minimum Gasteiger partial charge on any atom is -0.480 e. The first-order chi connectivity index (χ1) is 56.1. The van der Waals surface area contributed by atoms with Crippen molar-refractivity contribution in [3.05, 3.63) is 142 Å². The number of nitrogens with two attached hydrogens (primary N) is 4. The van der Waals surface area contributed by atoms with E-state index in [9.17, 15) is 78.0 Å². The summed E-state index contributed by atoms with van der Waals surface area (Å²) in [6.45, 7) is 7.33. The number of aliphatic hydroxyl groups excluding tert-OH is 3. The van der Waals surface area contributed by atoms with Crippen molar-refractivity contribution in [3.63, 3.8) is 0 Å². The van der Waals surface area contributed by atoms with Crippen LogP contribution >= 0.6 is 21.6 Å². The molecule has 118 heavy (non-hydrogen) atoms. The van der Waals surface area contributed by atoms with E-state index in [1.54, 1.807) is 105 Å². The summed E-state index contributed by atoms with van der Waals surface area (Å²) < 4.78 is 0. The fraction of sp³-hybridized carbons (Fsp3) is 0.481. The first-order valence-electron chi connectivity index (χ1n) is 38.6. The lowest BCUT2D eigenvalue weighted by Crippen LogP contribution is -2.63. The molecule has 1 saturated heterocycles. The number of carboxylic acids is 1. The van der Waals surface area contributed by atoms with Gasteiger partial charge < -0.3 is 117 Å². The number of fused-ring (bicyclic) bond motifs is 1. The molecule has 5 aromatic rings. The van der Waals surface area contributed by atoms with Crippen molar-refractivity contribution in [2.45, 2.75) is 203 Å². The smallest absolute Gasteiger partial charge is 0.327 e. The van der Waals surface area contributed by atoms with Crippen LogP contribution in [0.25, 0.3) is 10.9 Å². The molecule has 642 valence electrons. The van der Waals surface area contributed by atoms with Crippen LogP contribution in [0.5, 0.6) is 0 Å². The van der Waals surface area contributed by atoms with Crippen LogP contribution in [0.3, 0.4) is 0 Å². The summed E-state index contributed by atoms with van der Waals surface area (Å²) in [5.41, 5.74) is 28.1. The second-order valence-electron chi connectivity index (χ2n) is 29.0. The zero-order valence-corrected chi connectivity index (χ0v) is 68.2. The number of para-hydroxylation sites is 1. The van der Waals surface area contributed by atoms with E-state index in [1.807, 2.05) is 19.1 Å². The molecule has 26 N–H and O–H groups in total. The van der Waals surface area contributed by atoms with Crippen LogP contribution in [-0.4, -0.2) is 243 Å². The van der Waals surface area contributed by atoms with Crippen molar-refractivity contribution in [1.82, 2.24) is 74.1 Å². The lowest BCUT2D eigenvalue weighted by Gasteiger charge is -2.29. The van der Waals surface area contributed by atoms with Crippen LogP contribution in [0.2, 0.25) is 0 Å². The molecule has 0 aliphatic carbocycles. The van der Waals surface area contributed by atoms with Crippen LogP contribution in [0, 0.1) is 20.8 Å². The number of benzene rings is 4. The topological polar surface area (TPSA) is 613 Å². The fourth-order valence-electron chi connectivity index (χ4n) is 12.8. The zero-order chi connectivity index (χ0) is 86.9. The van der Waals surface area contributed by atoms with E-state index in [4.69, 9.17) is 22.9 Å². The van der Waals surface area contributed by atoms with Gasteiger partial charge in [0.05, 0.1) is 37.8 Å². The average molecular weight is 1680 g/mol. The van der Waals surface area contributed by atoms with Crippen molar-refractivity contribution in [2.75, 3.05) is 37.7 Å². The highest BCUT2D eigenvalue weighted by Gasteiger charge is 2.40. The second kappa shape index (κ2) is 48.0. The normalized spacial score (nSPS) is 23.5. The van der Waals surface area contributed by atoms with E-state index in [-0.39, 0.29) is 70.9 Å². The summed E-state index contributed by atoms with van der Waals surface area (Å²) in [6, 6.07) is 4.94. The number of carbonyl (C=O) groups is 15. The van der Waals surface area contributed by atoms with Crippen LogP contribution in [0.4, 0.5) is 0 Å². The van der Waals surface area contributed by atoms with E-state index in [0.717, 1.165) is 41.0 Å². The van der Waals surface area contributed by atoms with Crippen molar-refractivity contribution in [3.8, 4) is 0 Å². The molecule has 1 aromatic heterocycles. The van der Waals surface area contributed by atoms with Crippen LogP contribution in [-0.2, 0) is 97.6 Å². The first-order valence-corrected chi connectivity index (χ1v) is 41.1. The number of rotatable bonds is 26. The SMILES string of the molecule is Cc1cc(C)c(C[C@@H]2NC(=O)[C@H](Cc3ccccc3)NC(=O)[C@H](CC(N)=O)NC(=O)[C@H](CCCCN)NC(=O)[C@@H](NC(=O)CNC(=O)[C@H](C)N)CSSC[C@@H](C(=O)O)NC(=O)[C@H](CO)NC(=O)[C@H]([C@@H](C)O)NC(=O)[C@H](Cc3ccccc3)NC(=O)[C@H]([C@@H](C)O)NC(=O)[C@H](CCCCN)NC(=O)[C@H](Cc3c[nH]c4ccccc34)NC2=O)c(C)c1. The molecule has 1 fully saturated rings. The third kappa shape index (κ3) is 30.4. The van der Waals surface area contributed by atoms with Gasteiger partial charge in [-0.1, -0.05) is 118 Å². The molecule has 6 rings (SSSR count). The number of carboxylic acid groups (broad SMARTS) is 1. The van der Waals surface area contributed by atoms with E-state index in [0.29, 0.717) is 50.7 Å². The third-order valence-electron chi connectivity index (χ3n) is 19.2. The molecule has 0 bridgehead atoms. The maximum absolute atomic E-state index is 15.7. The Morgan fingerprint density at radius 3 is 1.41 bits per heavy atom. The highest BCUT2D eigenvalue weighted by atomic mass is 33.1. The van der Waals surface area contributed by atoms with Crippen LogP contribution in [0.1, 0.15) is 105 Å². The largest absolute Gasteiger partial charge is 0.480 e. The number of aromatic nitrogens is 1. The highest BCUT2D eigenvalue weighted by Crippen LogP contribution is 2.25. The summed E-state index contributed by atoms with van der Waals surface area (Å²) >= 11 is 0. The molecular formula is C79H110N18O19S2. The summed E-state index contributed by atoms with van der Waals surface area (Å²) in [5.74, 6) is -17.7. The van der Waals surface area contributed by atoms with Gasteiger partial charge in [0.25, 0.3) is 0 Å². The summed E-state index contributed by atoms with van der Waals surface area (Å²) in [4.78, 5) is 218. The van der Waals surface area contributed by atoms with Gasteiger partial charge in [0.15, 0.2) is 0 Å². The zero-order valence-electron chi connectivity index (χ0n) is 66.5. The molecule has 1 aliphatic rings. The van der Waals surface area contributed by atoms with E-state index >= 15 is 14.4 Å². The summed E-state index contributed by atoms with van der Waals surface area (Å²) in [7, 11) is 1.49. The molecule has 15 atom stereocenters. The van der Waals surface area contributed by atoms with Crippen molar-refractivity contribution >= 4 is 121 Å². The van der Waals surface area contributed by atoms with Crippen LogP contribution in [0.15, 0.2) is 103 Å². The summed E-state index contributed by atoms with van der Waals surface area (Å²) in [6.07, 6.45) is -3.48. The van der Waals surface area contributed by atoms with Gasteiger partial charge >= 0.3 is 5.97 Å². The molecule has 0 spiro atoms. The van der Waals surface area contributed by atoms with E-state index in [1.165, 1.54) is 6.92 Å². The monoisotopic (exact) mass is 1680 g/mol. The van der Waals surface area contributed by atoms with E-state index in [2.05, 4.69) is 74.1 Å². The molecule has 4 aromatic carbocycles. The highest BCUT2D eigenvalue weighted by molar-refractivity contribution is 8.76.